The first-order valence-electron chi connectivity index (χ1n) is 11.2. The second-order valence-corrected chi connectivity index (χ2v) is 9.19. The number of para-hydroxylation sites is 1. The molecule has 1 aliphatic rings. The summed E-state index contributed by atoms with van der Waals surface area (Å²) in [5, 5.41) is 13.5. The van der Waals surface area contributed by atoms with Crippen LogP contribution in [0.4, 0.5) is 11.4 Å². The number of fused-ring (bicyclic) bond motifs is 1. The first-order valence-corrected chi connectivity index (χ1v) is 12.1. The molecule has 9 nitrogen and oxygen atoms in total. The maximum Gasteiger partial charge on any atom is 0.338 e. The summed E-state index contributed by atoms with van der Waals surface area (Å²) in [5.41, 5.74) is 1.52. The molecule has 0 fully saturated rings. The number of esters is 1. The van der Waals surface area contributed by atoms with E-state index in [4.69, 9.17) is 9.47 Å². The predicted octanol–water partition coefficient (Wildman–Crippen LogP) is 4.23. The van der Waals surface area contributed by atoms with E-state index in [1.54, 1.807) is 31.2 Å². The third-order valence-corrected chi connectivity index (χ3v) is 7.14. The molecule has 0 saturated carbocycles. The van der Waals surface area contributed by atoms with Crippen molar-refractivity contribution in [3.63, 3.8) is 0 Å². The van der Waals surface area contributed by atoms with Crippen LogP contribution in [0.1, 0.15) is 21.2 Å². The minimum absolute atomic E-state index is 0.121. The number of hydrogen-bond acceptors (Lipinski definition) is 8. The number of anilines is 1. The van der Waals surface area contributed by atoms with Crippen LogP contribution in [0.2, 0.25) is 0 Å². The van der Waals surface area contributed by atoms with E-state index in [1.807, 2.05) is 36.4 Å². The summed E-state index contributed by atoms with van der Waals surface area (Å²) >= 11 is 1.45. The number of nitro benzene ring substituents is 1. The normalized spacial score (nSPS) is 17.2. The molecule has 3 aromatic carbocycles. The minimum atomic E-state index is -1.14. The average Bonchev–Trinajstić information content (AvgIpc) is 3.02. The molecule has 0 spiro atoms. The highest BCUT2D eigenvalue weighted by molar-refractivity contribution is 7.99. The maximum atomic E-state index is 13.9. The zero-order valence-corrected chi connectivity index (χ0v) is 20.6. The Morgan fingerprint density at radius 1 is 1.08 bits per heavy atom. The molecule has 0 radical (unpaired) electrons. The standard InChI is InChI=1S/C26H25N3O6S/c1-27-15-16-28-21-5-3-4-6-22(21)36-24(17-9-13-20(34-2)14-10-17)23(25(28)30)35-26(31)18-7-11-19(12-8-18)29(32)33/h3-14,23-24,27H,15-16H2,1-2H3/t23-,24+/m0/s1. The van der Waals surface area contributed by atoms with E-state index in [9.17, 15) is 19.7 Å². The summed E-state index contributed by atoms with van der Waals surface area (Å²) in [7, 11) is 3.37. The lowest BCUT2D eigenvalue weighted by Crippen LogP contribution is -2.45. The van der Waals surface area contributed by atoms with E-state index < -0.39 is 22.2 Å². The van der Waals surface area contributed by atoms with Crippen LogP contribution in [0, 0.1) is 10.1 Å². The number of amides is 1. The van der Waals surface area contributed by atoms with E-state index in [0.717, 1.165) is 16.1 Å². The van der Waals surface area contributed by atoms with Crippen molar-refractivity contribution >= 4 is 35.0 Å². The van der Waals surface area contributed by atoms with E-state index >= 15 is 0 Å². The highest BCUT2D eigenvalue weighted by Crippen LogP contribution is 2.47. The largest absolute Gasteiger partial charge is 0.497 e. The van der Waals surface area contributed by atoms with Crippen LogP contribution in [-0.4, -0.2) is 50.2 Å². The number of non-ortho nitro benzene ring substituents is 1. The van der Waals surface area contributed by atoms with Gasteiger partial charge in [0, 0.05) is 30.1 Å². The van der Waals surface area contributed by atoms with Crippen molar-refractivity contribution in [3.8, 4) is 5.75 Å². The van der Waals surface area contributed by atoms with Crippen LogP contribution in [0.15, 0.2) is 77.7 Å². The summed E-state index contributed by atoms with van der Waals surface area (Å²) in [6.07, 6.45) is -1.14. The van der Waals surface area contributed by atoms with Gasteiger partial charge in [-0.2, -0.15) is 0 Å². The van der Waals surface area contributed by atoms with Crippen molar-refractivity contribution in [2.75, 3.05) is 32.1 Å². The molecule has 0 saturated heterocycles. The quantitative estimate of drug-likeness (QED) is 0.274. The Kier molecular flexibility index (Phi) is 7.87. The van der Waals surface area contributed by atoms with Crippen LogP contribution < -0.4 is 15.0 Å². The Morgan fingerprint density at radius 2 is 1.78 bits per heavy atom. The lowest BCUT2D eigenvalue weighted by molar-refractivity contribution is -0.384. The molecule has 36 heavy (non-hydrogen) atoms. The van der Waals surface area contributed by atoms with Gasteiger partial charge < -0.3 is 19.7 Å². The second-order valence-electron chi connectivity index (χ2n) is 8.00. The zero-order valence-electron chi connectivity index (χ0n) is 19.7. The molecule has 0 aliphatic carbocycles. The van der Waals surface area contributed by atoms with Gasteiger partial charge in [0.1, 0.15) is 5.75 Å². The van der Waals surface area contributed by atoms with Crippen molar-refractivity contribution in [1.29, 1.82) is 0 Å². The number of methoxy groups -OCH3 is 1. The fraction of sp³-hybridized carbons (Fsp3) is 0.231. The summed E-state index contributed by atoms with van der Waals surface area (Å²) in [5.74, 6) is -0.417. The van der Waals surface area contributed by atoms with Crippen molar-refractivity contribution < 1.29 is 24.0 Å². The molecular formula is C26H25N3O6S. The number of carbonyl (C=O) groups is 2. The fourth-order valence-corrected chi connectivity index (χ4v) is 5.20. The molecule has 1 N–H and O–H groups in total. The lowest BCUT2D eigenvalue weighted by Gasteiger charge is -2.28. The highest BCUT2D eigenvalue weighted by atomic mass is 32.2. The minimum Gasteiger partial charge on any atom is -0.497 e. The Labute approximate surface area is 212 Å². The van der Waals surface area contributed by atoms with Crippen LogP contribution in [0.5, 0.6) is 5.75 Å². The molecule has 0 bridgehead atoms. The van der Waals surface area contributed by atoms with Gasteiger partial charge in [-0.05, 0) is 49.0 Å². The fourth-order valence-electron chi connectivity index (χ4n) is 3.89. The number of thioether (sulfide) groups is 1. The van der Waals surface area contributed by atoms with Gasteiger partial charge in [-0.15, -0.1) is 11.8 Å². The van der Waals surface area contributed by atoms with Crippen LogP contribution in [0.3, 0.4) is 0 Å². The van der Waals surface area contributed by atoms with Crippen LogP contribution in [0.25, 0.3) is 0 Å². The Hall–Kier alpha value is -3.89. The molecule has 3 aromatic rings. The second kappa shape index (κ2) is 11.2. The summed E-state index contributed by atoms with van der Waals surface area (Å²) in [4.78, 5) is 40.0. The molecule has 1 aliphatic heterocycles. The number of nitrogens with zero attached hydrogens (tertiary/aromatic N) is 2. The molecule has 186 valence electrons. The molecule has 2 atom stereocenters. The topological polar surface area (TPSA) is 111 Å². The summed E-state index contributed by atoms with van der Waals surface area (Å²) < 4.78 is 11.1. The number of hydrogen-bond donors (Lipinski definition) is 1. The number of carbonyl (C=O) groups excluding carboxylic acids is 2. The predicted molar refractivity (Wildman–Crippen MR) is 137 cm³/mol. The van der Waals surface area contributed by atoms with Gasteiger partial charge in [-0.3, -0.25) is 14.9 Å². The smallest absolute Gasteiger partial charge is 0.338 e. The molecule has 4 rings (SSSR count). The average molecular weight is 508 g/mol. The number of nitrogens with one attached hydrogen (secondary N) is 1. The maximum absolute atomic E-state index is 13.9. The van der Waals surface area contributed by atoms with E-state index in [0.29, 0.717) is 18.8 Å². The van der Waals surface area contributed by atoms with E-state index in [1.165, 1.54) is 36.0 Å². The first-order chi connectivity index (χ1) is 17.4. The number of likely N-dealkylation sites (N-methyl/N-ethyl adjacent to an activating group) is 1. The van der Waals surface area contributed by atoms with Gasteiger partial charge in [0.05, 0.1) is 28.5 Å². The van der Waals surface area contributed by atoms with Crippen LogP contribution in [-0.2, 0) is 9.53 Å². The Morgan fingerprint density at radius 3 is 2.42 bits per heavy atom. The summed E-state index contributed by atoms with van der Waals surface area (Å²) in [6.45, 7) is 0.925. The zero-order chi connectivity index (χ0) is 25.7. The lowest BCUT2D eigenvalue weighted by atomic mass is 10.1. The molecular weight excluding hydrogens is 482 g/mol. The Bertz CT molecular complexity index is 1250. The first kappa shape index (κ1) is 25.2. The molecule has 10 heteroatoms. The molecule has 1 amide bonds. The van der Waals surface area contributed by atoms with Gasteiger partial charge in [-0.1, -0.05) is 24.3 Å². The van der Waals surface area contributed by atoms with Crippen molar-refractivity contribution in [3.05, 3.63) is 94.0 Å². The van der Waals surface area contributed by atoms with E-state index in [-0.39, 0.29) is 17.2 Å². The van der Waals surface area contributed by atoms with Crippen molar-refractivity contribution in [1.82, 2.24) is 5.32 Å². The molecule has 1 heterocycles. The third kappa shape index (κ3) is 5.34. The van der Waals surface area contributed by atoms with Gasteiger partial charge in [0.15, 0.2) is 6.10 Å². The Balaban J connectivity index is 1.74. The number of ether oxygens (including phenoxy) is 2. The van der Waals surface area contributed by atoms with Gasteiger partial charge in [0.2, 0.25) is 0 Å². The summed E-state index contributed by atoms with van der Waals surface area (Å²) in [6, 6.07) is 20.0. The monoisotopic (exact) mass is 507 g/mol. The van der Waals surface area contributed by atoms with Crippen molar-refractivity contribution in [2.45, 2.75) is 16.2 Å². The van der Waals surface area contributed by atoms with Gasteiger partial charge >= 0.3 is 5.97 Å². The molecule has 0 unspecified atom stereocenters. The highest BCUT2D eigenvalue weighted by Gasteiger charge is 2.41. The van der Waals surface area contributed by atoms with Crippen molar-refractivity contribution in [2.24, 2.45) is 0 Å². The van der Waals surface area contributed by atoms with Gasteiger partial charge in [-0.25, -0.2) is 4.79 Å². The number of rotatable bonds is 8. The van der Waals surface area contributed by atoms with E-state index in [2.05, 4.69) is 5.32 Å². The number of nitro groups is 1. The van der Waals surface area contributed by atoms with Crippen LogP contribution >= 0.6 is 11.8 Å². The van der Waals surface area contributed by atoms with Gasteiger partial charge in [0.25, 0.3) is 11.6 Å². The number of benzene rings is 3. The SMILES string of the molecule is CNCCN1C(=O)[C@@H](OC(=O)c2ccc([N+](=O)[O-])cc2)[C@@H](c2ccc(OC)cc2)Sc2ccccc21. The molecule has 0 aromatic heterocycles. The third-order valence-electron chi connectivity index (χ3n) is 5.77.